The van der Waals surface area contributed by atoms with Gasteiger partial charge in [0, 0.05) is 36.7 Å². The number of nitrogens with zero attached hydrogens (tertiary/aromatic N) is 4. The summed E-state index contributed by atoms with van der Waals surface area (Å²) >= 11 is 0. The van der Waals surface area contributed by atoms with Crippen molar-refractivity contribution in [3.05, 3.63) is 78.1 Å². The molecule has 3 aliphatic rings. The number of carbonyl (C=O) groups excluding carboxylic acids is 4. The van der Waals surface area contributed by atoms with Gasteiger partial charge in [0.25, 0.3) is 11.8 Å². The number of para-hydroxylation sites is 1. The van der Waals surface area contributed by atoms with Gasteiger partial charge in [0.2, 0.25) is 11.8 Å². The third-order valence-electron chi connectivity index (χ3n) is 6.96. The Morgan fingerprint density at radius 2 is 1.87 bits per heavy atom. The van der Waals surface area contributed by atoms with Crippen molar-refractivity contribution < 1.29 is 24.0 Å². The molecule has 0 radical (unpaired) electrons. The summed E-state index contributed by atoms with van der Waals surface area (Å²) in [5, 5.41) is 3.23. The number of imide groups is 2. The standard InChI is InChI=1S/C28H24N6O5/c1-33(22-14-25(36)34(28(22)38)21-9-10-23(35)30-27(21)37)15-24-31-26(32-39-24)17-6-4-5-16(13-17)18-11-12-29-20-8-3-2-7-19(18)20/h2-8,11-14,21,24H,9-10,15H2,1H3,(H,31,32)(H,30,35,37). The van der Waals surface area contributed by atoms with Gasteiger partial charge in [0.1, 0.15) is 11.7 Å². The van der Waals surface area contributed by atoms with Gasteiger partial charge in [-0.05, 0) is 35.7 Å². The lowest BCUT2D eigenvalue weighted by atomic mass is 9.99. The zero-order chi connectivity index (χ0) is 27.1. The van der Waals surface area contributed by atoms with Gasteiger partial charge in [-0.3, -0.25) is 34.4 Å². The minimum absolute atomic E-state index is 0.0658. The summed E-state index contributed by atoms with van der Waals surface area (Å²) in [5.74, 6) is -1.71. The molecule has 4 amide bonds. The maximum Gasteiger partial charge on any atom is 0.277 e. The summed E-state index contributed by atoms with van der Waals surface area (Å²) in [6, 6.07) is 16.8. The monoisotopic (exact) mass is 524 g/mol. The van der Waals surface area contributed by atoms with Crippen LogP contribution in [0.5, 0.6) is 0 Å². The van der Waals surface area contributed by atoms with E-state index in [1.165, 1.54) is 6.08 Å². The van der Waals surface area contributed by atoms with Crippen molar-refractivity contribution in [1.82, 2.24) is 25.6 Å². The van der Waals surface area contributed by atoms with Crippen molar-refractivity contribution in [3.63, 3.8) is 0 Å². The number of aromatic nitrogens is 1. The van der Waals surface area contributed by atoms with Crippen LogP contribution in [-0.4, -0.2) is 70.1 Å². The fourth-order valence-corrected chi connectivity index (χ4v) is 5.02. The van der Waals surface area contributed by atoms with Gasteiger partial charge in [-0.15, -0.1) is 0 Å². The first-order valence-corrected chi connectivity index (χ1v) is 12.5. The third kappa shape index (κ3) is 4.53. The highest BCUT2D eigenvalue weighted by atomic mass is 16.7. The van der Waals surface area contributed by atoms with Crippen LogP contribution in [0.15, 0.2) is 77.6 Å². The number of hydrogen-bond donors (Lipinski definition) is 2. The van der Waals surface area contributed by atoms with Crippen LogP contribution in [-0.2, 0) is 24.0 Å². The molecule has 0 aliphatic carbocycles. The molecule has 3 aliphatic heterocycles. The van der Waals surface area contributed by atoms with E-state index in [0.717, 1.165) is 32.5 Å². The number of fused-ring (bicyclic) bond motifs is 1. The Labute approximate surface area is 223 Å². The van der Waals surface area contributed by atoms with E-state index < -0.39 is 35.9 Å². The van der Waals surface area contributed by atoms with Gasteiger partial charge in [-0.25, -0.2) is 15.3 Å². The molecule has 1 saturated heterocycles. The summed E-state index contributed by atoms with van der Waals surface area (Å²) in [7, 11) is 1.65. The van der Waals surface area contributed by atoms with Gasteiger partial charge >= 0.3 is 0 Å². The van der Waals surface area contributed by atoms with E-state index in [9.17, 15) is 19.2 Å². The molecule has 11 nitrogen and oxygen atoms in total. The van der Waals surface area contributed by atoms with Crippen molar-refractivity contribution in [2.45, 2.75) is 25.1 Å². The van der Waals surface area contributed by atoms with Gasteiger partial charge in [-0.1, -0.05) is 36.4 Å². The second kappa shape index (κ2) is 9.76. The molecule has 2 unspecified atom stereocenters. The summed E-state index contributed by atoms with van der Waals surface area (Å²) in [6.07, 6.45) is 2.50. The molecule has 2 N–H and O–H groups in total. The number of hydrogen-bond acceptors (Lipinski definition) is 9. The predicted molar refractivity (Wildman–Crippen MR) is 140 cm³/mol. The third-order valence-corrected chi connectivity index (χ3v) is 6.96. The number of rotatable bonds is 6. The predicted octanol–water partition coefficient (Wildman–Crippen LogP) is 1.50. The molecule has 0 bridgehead atoms. The van der Waals surface area contributed by atoms with Crippen LogP contribution >= 0.6 is 0 Å². The molecule has 1 aromatic heterocycles. The summed E-state index contributed by atoms with van der Waals surface area (Å²) in [4.78, 5) is 66.5. The quantitative estimate of drug-likeness (QED) is 0.464. The number of pyridine rings is 1. The topological polar surface area (TPSA) is 133 Å². The normalized spacial score (nSPS) is 21.1. The Bertz CT molecular complexity index is 1590. The lowest BCUT2D eigenvalue weighted by Gasteiger charge is -2.29. The number of amides is 4. The van der Waals surface area contributed by atoms with E-state index in [0.29, 0.717) is 5.84 Å². The molecule has 2 aromatic carbocycles. The smallest absolute Gasteiger partial charge is 0.277 e. The van der Waals surface area contributed by atoms with E-state index in [4.69, 9.17) is 4.84 Å². The number of amidine groups is 1. The maximum absolute atomic E-state index is 13.0. The molecule has 2 atom stereocenters. The number of nitrogens with one attached hydrogen (secondary N) is 2. The Hall–Kier alpha value is -4.90. The highest BCUT2D eigenvalue weighted by Crippen LogP contribution is 2.28. The lowest BCUT2D eigenvalue weighted by Crippen LogP contribution is -2.55. The Kier molecular flexibility index (Phi) is 6.12. The van der Waals surface area contributed by atoms with E-state index >= 15 is 0 Å². The molecular weight excluding hydrogens is 500 g/mol. The number of likely N-dealkylation sites (N-methyl/N-ethyl adjacent to an activating group) is 1. The Morgan fingerprint density at radius 1 is 1.05 bits per heavy atom. The highest BCUT2D eigenvalue weighted by molar-refractivity contribution is 6.18. The van der Waals surface area contributed by atoms with Crippen molar-refractivity contribution in [2.24, 2.45) is 4.99 Å². The summed E-state index contributed by atoms with van der Waals surface area (Å²) in [6.45, 7) is 0.180. The Balaban J connectivity index is 1.16. The number of carbonyl (C=O) groups is 4. The SMILES string of the molecule is CN(CC1N=C(c2cccc(-c3ccnc4ccccc34)c2)NO1)C1=CC(=O)N(C2CCC(=O)NC2=O)C1=O. The molecular formula is C28H24N6O5. The van der Waals surface area contributed by atoms with Crippen LogP contribution < -0.4 is 10.8 Å². The number of benzene rings is 2. The molecule has 3 aromatic rings. The van der Waals surface area contributed by atoms with Crippen LogP contribution in [0.3, 0.4) is 0 Å². The first-order chi connectivity index (χ1) is 18.9. The van der Waals surface area contributed by atoms with Crippen LogP contribution in [0.1, 0.15) is 18.4 Å². The largest absolute Gasteiger partial charge is 0.365 e. The van der Waals surface area contributed by atoms with Crippen LogP contribution in [0.2, 0.25) is 0 Å². The maximum atomic E-state index is 13.0. The molecule has 196 valence electrons. The second-order valence-electron chi connectivity index (χ2n) is 9.50. The highest BCUT2D eigenvalue weighted by Gasteiger charge is 2.43. The number of aliphatic imine (C=N–C) groups is 1. The zero-order valence-corrected chi connectivity index (χ0v) is 21.0. The van der Waals surface area contributed by atoms with Gasteiger partial charge in [0.05, 0.1) is 12.1 Å². The Morgan fingerprint density at radius 3 is 2.72 bits per heavy atom. The van der Waals surface area contributed by atoms with Crippen LogP contribution in [0, 0.1) is 0 Å². The lowest BCUT2D eigenvalue weighted by molar-refractivity contribution is -0.150. The molecule has 4 heterocycles. The molecule has 11 heteroatoms. The average Bonchev–Trinajstić information content (AvgIpc) is 3.52. The minimum Gasteiger partial charge on any atom is -0.365 e. The van der Waals surface area contributed by atoms with Crippen molar-refractivity contribution in [3.8, 4) is 11.1 Å². The first-order valence-electron chi connectivity index (χ1n) is 12.5. The second-order valence-corrected chi connectivity index (χ2v) is 9.50. The van der Waals surface area contributed by atoms with E-state index in [1.54, 1.807) is 18.1 Å². The van der Waals surface area contributed by atoms with E-state index in [2.05, 4.69) is 20.8 Å². The van der Waals surface area contributed by atoms with E-state index in [1.807, 2.05) is 54.6 Å². The van der Waals surface area contributed by atoms with Gasteiger partial charge in [0.15, 0.2) is 12.1 Å². The van der Waals surface area contributed by atoms with Gasteiger partial charge in [-0.2, -0.15) is 0 Å². The average molecular weight is 525 g/mol. The van der Waals surface area contributed by atoms with Crippen molar-refractivity contribution in [2.75, 3.05) is 13.6 Å². The van der Waals surface area contributed by atoms with E-state index in [-0.39, 0.29) is 25.1 Å². The molecule has 1 fully saturated rings. The van der Waals surface area contributed by atoms with Gasteiger partial charge < -0.3 is 4.90 Å². The fraction of sp³-hybridized carbons (Fsp3) is 0.214. The van der Waals surface area contributed by atoms with Crippen LogP contribution in [0.25, 0.3) is 22.0 Å². The summed E-state index contributed by atoms with van der Waals surface area (Å²) < 4.78 is 0. The first kappa shape index (κ1) is 24.4. The molecule has 0 saturated carbocycles. The van der Waals surface area contributed by atoms with Crippen molar-refractivity contribution >= 4 is 40.4 Å². The van der Waals surface area contributed by atoms with Crippen LogP contribution in [0.4, 0.5) is 0 Å². The fourth-order valence-electron chi connectivity index (χ4n) is 5.02. The zero-order valence-electron chi connectivity index (χ0n) is 21.0. The molecule has 0 spiro atoms. The molecule has 39 heavy (non-hydrogen) atoms. The number of piperidine rings is 1. The summed E-state index contributed by atoms with van der Waals surface area (Å²) in [5.41, 5.74) is 6.79. The molecule has 6 rings (SSSR count). The minimum atomic E-state index is -1.01. The van der Waals surface area contributed by atoms with Crippen molar-refractivity contribution in [1.29, 1.82) is 0 Å². The number of hydroxylamine groups is 1.